The third-order valence-electron chi connectivity index (χ3n) is 7.14. The zero-order valence-corrected chi connectivity index (χ0v) is 21.1. The number of aliphatic hydroxyl groups is 1. The maximum atomic E-state index is 14.5. The van der Waals surface area contributed by atoms with E-state index >= 15 is 0 Å². The summed E-state index contributed by atoms with van der Waals surface area (Å²) in [5.74, 6) is -0.270. The second-order valence-corrected chi connectivity index (χ2v) is 10.2. The first-order valence-electron chi connectivity index (χ1n) is 12.3. The molecule has 0 radical (unpaired) electrons. The lowest BCUT2D eigenvalue weighted by Gasteiger charge is -2.32. The van der Waals surface area contributed by atoms with Gasteiger partial charge >= 0.3 is 0 Å². The van der Waals surface area contributed by atoms with Crippen molar-refractivity contribution in [1.82, 2.24) is 34.7 Å². The second-order valence-electron chi connectivity index (χ2n) is 10.2. The number of rotatable bonds is 5. The van der Waals surface area contributed by atoms with E-state index in [1.54, 1.807) is 24.7 Å². The van der Waals surface area contributed by atoms with Gasteiger partial charge in [0.05, 0.1) is 28.6 Å². The lowest BCUT2D eigenvalue weighted by Crippen LogP contribution is -2.28. The highest BCUT2D eigenvalue weighted by atomic mass is 19.1. The van der Waals surface area contributed by atoms with Crippen LogP contribution in [0.1, 0.15) is 49.8 Å². The van der Waals surface area contributed by atoms with Crippen LogP contribution in [-0.2, 0) is 17.4 Å². The molecule has 0 amide bonds. The van der Waals surface area contributed by atoms with Gasteiger partial charge in [-0.3, -0.25) is 4.98 Å². The molecule has 0 spiro atoms. The van der Waals surface area contributed by atoms with E-state index in [1.165, 1.54) is 18.3 Å². The smallest absolute Gasteiger partial charge is 0.211 e. The Morgan fingerprint density at radius 3 is 2.65 bits per heavy atom. The van der Waals surface area contributed by atoms with Crippen LogP contribution in [0.5, 0.6) is 0 Å². The van der Waals surface area contributed by atoms with Gasteiger partial charge < -0.3 is 18.9 Å². The van der Waals surface area contributed by atoms with E-state index < -0.39 is 5.60 Å². The Balaban J connectivity index is 1.71. The van der Waals surface area contributed by atoms with Gasteiger partial charge in [0.25, 0.3) is 0 Å². The zero-order chi connectivity index (χ0) is 25.9. The minimum absolute atomic E-state index is 0.0927. The topological polar surface area (TPSA) is 117 Å². The highest BCUT2D eigenvalue weighted by Gasteiger charge is 2.36. The summed E-state index contributed by atoms with van der Waals surface area (Å²) in [4.78, 5) is 9.38. The number of nitrogens with zero attached hydrogens (tertiary/aromatic N) is 7. The van der Waals surface area contributed by atoms with Gasteiger partial charge in [0, 0.05) is 38.2 Å². The lowest BCUT2D eigenvalue weighted by molar-refractivity contribution is 0.0541. The molecule has 1 aliphatic rings. The molecule has 1 saturated heterocycles. The van der Waals surface area contributed by atoms with Gasteiger partial charge in [-0.1, -0.05) is 10.4 Å². The van der Waals surface area contributed by atoms with E-state index in [-0.39, 0.29) is 17.8 Å². The number of halogens is 1. The molecule has 5 aromatic heterocycles. The highest BCUT2D eigenvalue weighted by molar-refractivity contribution is 6.04. The van der Waals surface area contributed by atoms with Gasteiger partial charge in [-0.2, -0.15) is 0 Å². The van der Waals surface area contributed by atoms with Gasteiger partial charge in [-0.15, -0.1) is 5.10 Å². The van der Waals surface area contributed by atoms with Crippen LogP contribution in [0, 0.1) is 18.7 Å². The minimum atomic E-state index is -1.29. The van der Waals surface area contributed by atoms with Crippen molar-refractivity contribution in [2.75, 3.05) is 13.2 Å². The van der Waals surface area contributed by atoms with Crippen molar-refractivity contribution in [2.45, 2.75) is 45.3 Å². The molecular formula is C26H28FN7O3. The van der Waals surface area contributed by atoms with E-state index in [2.05, 4.69) is 25.0 Å². The summed E-state index contributed by atoms with van der Waals surface area (Å²) in [6, 6.07) is 4.46. The molecule has 6 heterocycles. The van der Waals surface area contributed by atoms with Crippen LogP contribution in [0.2, 0.25) is 0 Å². The highest BCUT2D eigenvalue weighted by Crippen LogP contribution is 2.43. The Labute approximate surface area is 212 Å². The van der Waals surface area contributed by atoms with E-state index in [1.807, 2.05) is 20.0 Å². The second kappa shape index (κ2) is 8.70. The molecule has 0 aromatic carbocycles. The van der Waals surface area contributed by atoms with E-state index in [0.29, 0.717) is 41.2 Å². The zero-order valence-electron chi connectivity index (χ0n) is 21.1. The molecule has 192 valence electrons. The van der Waals surface area contributed by atoms with Crippen molar-refractivity contribution in [1.29, 1.82) is 0 Å². The molecule has 37 heavy (non-hydrogen) atoms. The summed E-state index contributed by atoms with van der Waals surface area (Å²) in [6.07, 6.45) is 4.78. The molecule has 6 rings (SSSR count). The normalized spacial score (nSPS) is 16.2. The summed E-state index contributed by atoms with van der Waals surface area (Å²) in [5.41, 5.74) is 4.56. The molecule has 1 unspecified atom stereocenters. The molecule has 11 heteroatoms. The summed E-state index contributed by atoms with van der Waals surface area (Å²) in [7, 11) is 1.84. The van der Waals surface area contributed by atoms with E-state index in [4.69, 9.17) is 14.2 Å². The number of hydrogen-bond donors (Lipinski definition) is 1. The Morgan fingerprint density at radius 1 is 1.19 bits per heavy atom. The standard InChI is InChI=1S/C26H28FN7O3/c1-14-21(33(4)32-30-14)16-11-19-20(29-13-16)24-23(25(31-37-24)26(2,3)35)34(19)22(15-6-9-36-10-7-15)18-12-17(27)5-8-28-18/h5,8,11-13,15,22,35H,6-7,9-10H2,1-4H3. The first-order chi connectivity index (χ1) is 17.7. The molecule has 0 aliphatic carbocycles. The number of fused-ring (bicyclic) bond motifs is 3. The van der Waals surface area contributed by atoms with Crippen molar-refractivity contribution in [3.8, 4) is 11.3 Å². The van der Waals surface area contributed by atoms with Crippen LogP contribution < -0.4 is 0 Å². The van der Waals surface area contributed by atoms with Gasteiger partial charge in [-0.25, -0.2) is 14.1 Å². The average molecular weight is 506 g/mol. The molecule has 0 saturated carbocycles. The Hall–Kier alpha value is -3.70. The van der Waals surface area contributed by atoms with Crippen LogP contribution in [0.4, 0.5) is 4.39 Å². The summed E-state index contributed by atoms with van der Waals surface area (Å²) in [5, 5.41) is 23.6. The number of aromatic nitrogens is 7. The van der Waals surface area contributed by atoms with Gasteiger partial charge in [0.2, 0.25) is 5.58 Å². The SMILES string of the molecule is Cc1nnn(C)c1-c1cnc2c3onc(C(C)(C)O)c3n(C(c3cc(F)ccn3)C3CCOCC3)c2c1. The number of aryl methyl sites for hydroxylation is 2. The molecule has 1 aliphatic heterocycles. The minimum Gasteiger partial charge on any atom is -0.384 e. The Bertz CT molecular complexity index is 1590. The van der Waals surface area contributed by atoms with Crippen LogP contribution >= 0.6 is 0 Å². The third-order valence-corrected chi connectivity index (χ3v) is 7.14. The summed E-state index contributed by atoms with van der Waals surface area (Å²) in [6.45, 7) is 6.43. The van der Waals surface area contributed by atoms with Crippen molar-refractivity contribution >= 4 is 22.1 Å². The van der Waals surface area contributed by atoms with Gasteiger partial charge in [0.15, 0.2) is 0 Å². The largest absolute Gasteiger partial charge is 0.384 e. The fourth-order valence-corrected chi connectivity index (χ4v) is 5.47. The average Bonchev–Trinajstić information content (AvgIpc) is 3.53. The molecular weight excluding hydrogens is 477 g/mol. The fraction of sp³-hybridized carbons (Fsp3) is 0.423. The van der Waals surface area contributed by atoms with E-state index in [9.17, 15) is 9.50 Å². The number of ether oxygens (including phenoxy) is 1. The van der Waals surface area contributed by atoms with Crippen molar-refractivity contribution in [3.05, 3.63) is 53.5 Å². The molecule has 1 N–H and O–H groups in total. The predicted octanol–water partition coefficient (Wildman–Crippen LogP) is 4.06. The van der Waals surface area contributed by atoms with Gasteiger partial charge in [-0.05, 0) is 57.7 Å². The molecule has 1 fully saturated rings. The third kappa shape index (κ3) is 3.89. The van der Waals surface area contributed by atoms with Crippen LogP contribution in [0.25, 0.3) is 33.4 Å². The lowest BCUT2D eigenvalue weighted by atomic mass is 9.88. The quantitative estimate of drug-likeness (QED) is 0.380. The van der Waals surface area contributed by atoms with Crippen molar-refractivity contribution in [3.63, 3.8) is 0 Å². The van der Waals surface area contributed by atoms with Crippen molar-refractivity contribution in [2.24, 2.45) is 13.0 Å². The summed E-state index contributed by atoms with van der Waals surface area (Å²) < 4.78 is 29.8. The fourth-order valence-electron chi connectivity index (χ4n) is 5.47. The molecule has 1 atom stereocenters. The molecule has 10 nitrogen and oxygen atoms in total. The predicted molar refractivity (Wildman–Crippen MR) is 133 cm³/mol. The van der Waals surface area contributed by atoms with Crippen LogP contribution in [-0.4, -0.2) is 53.0 Å². The number of pyridine rings is 2. The maximum Gasteiger partial charge on any atom is 0.211 e. The van der Waals surface area contributed by atoms with Crippen LogP contribution in [0.3, 0.4) is 0 Å². The van der Waals surface area contributed by atoms with Crippen molar-refractivity contribution < 1.29 is 18.8 Å². The molecule has 0 bridgehead atoms. The Morgan fingerprint density at radius 2 is 1.97 bits per heavy atom. The van der Waals surface area contributed by atoms with E-state index in [0.717, 1.165) is 35.3 Å². The Kier molecular flexibility index (Phi) is 5.57. The summed E-state index contributed by atoms with van der Waals surface area (Å²) >= 11 is 0. The monoisotopic (exact) mass is 505 g/mol. The maximum absolute atomic E-state index is 14.5. The number of hydrogen-bond acceptors (Lipinski definition) is 8. The van der Waals surface area contributed by atoms with Crippen LogP contribution in [0.15, 0.2) is 35.1 Å². The van der Waals surface area contributed by atoms with Gasteiger partial charge in [0.1, 0.15) is 28.1 Å². The molecule has 5 aromatic rings. The first kappa shape index (κ1) is 23.7. The first-order valence-corrected chi connectivity index (χ1v) is 12.3.